The van der Waals surface area contributed by atoms with Crippen molar-refractivity contribution in [2.45, 2.75) is 44.6 Å². The van der Waals surface area contributed by atoms with E-state index in [1.54, 1.807) is 0 Å². The molecule has 1 aliphatic rings. The molecule has 1 aromatic heterocycles. The van der Waals surface area contributed by atoms with Crippen LogP contribution in [0.5, 0.6) is 0 Å². The molecule has 0 radical (unpaired) electrons. The van der Waals surface area contributed by atoms with E-state index >= 15 is 0 Å². The predicted molar refractivity (Wildman–Crippen MR) is 61.8 cm³/mol. The average molecular weight is 254 g/mol. The van der Waals surface area contributed by atoms with Crippen LogP contribution in [0.3, 0.4) is 0 Å². The lowest BCUT2D eigenvalue weighted by Crippen LogP contribution is -2.27. The molecule has 0 aromatic carbocycles. The molecule has 0 atom stereocenters. The van der Waals surface area contributed by atoms with Crippen LogP contribution in [0.4, 0.5) is 0 Å². The van der Waals surface area contributed by atoms with Crippen LogP contribution in [0.15, 0.2) is 4.52 Å². The molecule has 1 saturated carbocycles. The summed E-state index contributed by atoms with van der Waals surface area (Å²) in [6.45, 7) is 2.57. The number of carbonyl (C=O) groups is 1. The van der Waals surface area contributed by atoms with E-state index in [0.29, 0.717) is 12.4 Å². The second kappa shape index (κ2) is 5.48. The summed E-state index contributed by atoms with van der Waals surface area (Å²) < 4.78 is 15.5. The number of hydrogen-bond donors (Lipinski definition) is 0. The Labute approximate surface area is 106 Å². The third-order valence-electron chi connectivity index (χ3n) is 3.23. The number of hydrogen-bond acceptors (Lipinski definition) is 6. The van der Waals surface area contributed by atoms with Gasteiger partial charge >= 0.3 is 5.97 Å². The number of methoxy groups -OCH3 is 1. The first-order valence-electron chi connectivity index (χ1n) is 6.24. The molecule has 1 heterocycles. The SMILES string of the molecule is CCOC1(c2noc(CC(=O)OC)n2)CCCC1. The van der Waals surface area contributed by atoms with Crippen molar-refractivity contribution >= 4 is 5.97 Å². The molecule has 1 aromatic rings. The lowest BCUT2D eigenvalue weighted by atomic mass is 10.0. The third-order valence-corrected chi connectivity index (χ3v) is 3.23. The summed E-state index contributed by atoms with van der Waals surface area (Å²) in [7, 11) is 1.33. The van der Waals surface area contributed by atoms with Crippen molar-refractivity contribution in [2.24, 2.45) is 0 Å². The fourth-order valence-corrected chi connectivity index (χ4v) is 2.36. The van der Waals surface area contributed by atoms with Gasteiger partial charge in [-0.05, 0) is 32.6 Å². The first kappa shape index (κ1) is 13.0. The monoisotopic (exact) mass is 254 g/mol. The summed E-state index contributed by atoms with van der Waals surface area (Å²) in [5.74, 6) is 0.450. The summed E-state index contributed by atoms with van der Waals surface area (Å²) in [6.07, 6.45) is 4.00. The van der Waals surface area contributed by atoms with Crippen LogP contribution in [0.2, 0.25) is 0 Å². The summed E-state index contributed by atoms with van der Waals surface area (Å²) in [4.78, 5) is 15.4. The number of esters is 1. The number of carbonyl (C=O) groups excluding carboxylic acids is 1. The minimum atomic E-state index is -0.424. The zero-order valence-corrected chi connectivity index (χ0v) is 10.8. The minimum Gasteiger partial charge on any atom is -0.469 e. The predicted octanol–water partition coefficient (Wildman–Crippen LogP) is 1.59. The van der Waals surface area contributed by atoms with Crippen LogP contribution >= 0.6 is 0 Å². The smallest absolute Gasteiger partial charge is 0.315 e. The maximum absolute atomic E-state index is 11.1. The summed E-state index contributed by atoms with van der Waals surface area (Å²) in [5.41, 5.74) is -0.424. The van der Waals surface area contributed by atoms with E-state index in [1.807, 2.05) is 6.92 Å². The maximum Gasteiger partial charge on any atom is 0.315 e. The highest BCUT2D eigenvalue weighted by molar-refractivity contribution is 5.71. The van der Waals surface area contributed by atoms with Gasteiger partial charge in [0.2, 0.25) is 11.7 Å². The van der Waals surface area contributed by atoms with Gasteiger partial charge in [0.15, 0.2) is 0 Å². The Balaban J connectivity index is 2.14. The van der Waals surface area contributed by atoms with Crippen molar-refractivity contribution in [2.75, 3.05) is 13.7 Å². The topological polar surface area (TPSA) is 74.5 Å². The first-order chi connectivity index (χ1) is 8.70. The number of ether oxygens (including phenoxy) is 2. The summed E-state index contributed by atoms with van der Waals surface area (Å²) in [5, 5.41) is 3.96. The Bertz CT molecular complexity index is 410. The second-order valence-corrected chi connectivity index (χ2v) is 4.40. The Morgan fingerprint density at radius 3 is 2.78 bits per heavy atom. The molecule has 1 fully saturated rings. The molecule has 0 aliphatic heterocycles. The van der Waals surface area contributed by atoms with Gasteiger partial charge in [-0.25, -0.2) is 0 Å². The van der Waals surface area contributed by atoms with Crippen LogP contribution in [0.25, 0.3) is 0 Å². The zero-order chi connectivity index (χ0) is 13.0. The van der Waals surface area contributed by atoms with Crippen molar-refractivity contribution in [3.8, 4) is 0 Å². The van der Waals surface area contributed by atoms with Gasteiger partial charge in [-0.2, -0.15) is 4.98 Å². The maximum atomic E-state index is 11.1. The van der Waals surface area contributed by atoms with Crippen LogP contribution < -0.4 is 0 Å². The van der Waals surface area contributed by atoms with Gasteiger partial charge in [0.25, 0.3) is 0 Å². The van der Waals surface area contributed by atoms with Crippen molar-refractivity contribution < 1.29 is 18.8 Å². The minimum absolute atomic E-state index is 0.00566. The van der Waals surface area contributed by atoms with Crippen LogP contribution in [0.1, 0.15) is 44.3 Å². The Morgan fingerprint density at radius 1 is 1.44 bits per heavy atom. The Morgan fingerprint density at radius 2 is 2.17 bits per heavy atom. The second-order valence-electron chi connectivity index (χ2n) is 4.40. The molecule has 0 N–H and O–H groups in total. The average Bonchev–Trinajstić information content (AvgIpc) is 2.99. The highest BCUT2D eigenvalue weighted by atomic mass is 16.5. The van der Waals surface area contributed by atoms with Gasteiger partial charge in [-0.3, -0.25) is 4.79 Å². The molecular weight excluding hydrogens is 236 g/mol. The molecule has 18 heavy (non-hydrogen) atoms. The molecule has 0 bridgehead atoms. The fraction of sp³-hybridized carbons (Fsp3) is 0.750. The van der Waals surface area contributed by atoms with Crippen molar-refractivity contribution in [1.82, 2.24) is 10.1 Å². The lowest BCUT2D eigenvalue weighted by Gasteiger charge is -2.24. The standard InChI is InChI=1S/C12H18N2O4/c1-3-17-12(6-4-5-7-12)11-13-9(18-14-11)8-10(15)16-2/h3-8H2,1-2H3. The molecular formula is C12H18N2O4. The number of rotatable bonds is 5. The molecule has 2 rings (SSSR count). The van der Waals surface area contributed by atoms with Gasteiger partial charge in [-0.15, -0.1) is 0 Å². The van der Waals surface area contributed by atoms with E-state index < -0.39 is 5.60 Å². The molecule has 0 spiro atoms. The van der Waals surface area contributed by atoms with Gasteiger partial charge in [-0.1, -0.05) is 5.16 Å². The fourth-order valence-electron chi connectivity index (χ4n) is 2.36. The van der Waals surface area contributed by atoms with Crippen molar-refractivity contribution in [1.29, 1.82) is 0 Å². The molecule has 0 amide bonds. The normalized spacial score (nSPS) is 17.9. The Hall–Kier alpha value is -1.43. The molecule has 6 heteroatoms. The highest BCUT2D eigenvalue weighted by Gasteiger charge is 2.40. The van der Waals surface area contributed by atoms with Crippen LogP contribution in [-0.2, 0) is 26.3 Å². The number of aromatic nitrogens is 2. The van der Waals surface area contributed by atoms with Gasteiger partial charge in [0, 0.05) is 6.61 Å². The molecule has 0 unspecified atom stereocenters. The van der Waals surface area contributed by atoms with Gasteiger partial charge < -0.3 is 14.0 Å². The molecule has 1 aliphatic carbocycles. The van der Waals surface area contributed by atoms with Crippen molar-refractivity contribution in [3.05, 3.63) is 11.7 Å². The quantitative estimate of drug-likeness (QED) is 0.743. The largest absolute Gasteiger partial charge is 0.469 e. The molecule has 0 saturated heterocycles. The first-order valence-corrected chi connectivity index (χ1v) is 6.24. The third kappa shape index (κ3) is 2.53. The highest BCUT2D eigenvalue weighted by Crippen LogP contribution is 2.40. The summed E-state index contributed by atoms with van der Waals surface area (Å²) >= 11 is 0. The van der Waals surface area contributed by atoms with E-state index in [-0.39, 0.29) is 18.3 Å². The van der Waals surface area contributed by atoms with E-state index in [4.69, 9.17) is 9.26 Å². The molecule has 6 nitrogen and oxygen atoms in total. The van der Waals surface area contributed by atoms with Gasteiger partial charge in [0.1, 0.15) is 12.0 Å². The Kier molecular flexibility index (Phi) is 3.96. The van der Waals surface area contributed by atoms with Crippen LogP contribution in [0, 0.1) is 0 Å². The number of nitrogens with zero attached hydrogens (tertiary/aromatic N) is 2. The van der Waals surface area contributed by atoms with E-state index in [1.165, 1.54) is 7.11 Å². The zero-order valence-electron chi connectivity index (χ0n) is 10.8. The summed E-state index contributed by atoms with van der Waals surface area (Å²) in [6, 6.07) is 0. The lowest BCUT2D eigenvalue weighted by molar-refractivity contribution is -0.140. The molecule has 100 valence electrons. The van der Waals surface area contributed by atoms with E-state index in [2.05, 4.69) is 14.9 Å². The van der Waals surface area contributed by atoms with E-state index in [9.17, 15) is 4.79 Å². The van der Waals surface area contributed by atoms with Crippen LogP contribution in [-0.4, -0.2) is 29.8 Å². The van der Waals surface area contributed by atoms with E-state index in [0.717, 1.165) is 25.7 Å². The van der Waals surface area contributed by atoms with Crippen molar-refractivity contribution in [3.63, 3.8) is 0 Å². The van der Waals surface area contributed by atoms with Gasteiger partial charge in [0.05, 0.1) is 7.11 Å².